The second-order valence-electron chi connectivity index (χ2n) is 6.44. The largest absolute Gasteiger partial charge is 0.490 e. The van der Waals surface area contributed by atoms with Crippen LogP contribution in [0, 0.1) is 0 Å². The summed E-state index contributed by atoms with van der Waals surface area (Å²) in [7, 11) is 0. The van der Waals surface area contributed by atoms with E-state index < -0.39 is 24.9 Å². The van der Waals surface area contributed by atoms with Crippen LogP contribution in [0.25, 0.3) is 0 Å². The molecule has 1 aliphatic rings. The highest BCUT2D eigenvalue weighted by atomic mass is 19.4. The highest BCUT2D eigenvalue weighted by Crippen LogP contribution is 2.13. The van der Waals surface area contributed by atoms with Gasteiger partial charge in [0.15, 0.2) is 0 Å². The monoisotopic (exact) mass is 451 g/mol. The number of amides is 2. The zero-order valence-electron chi connectivity index (χ0n) is 16.7. The van der Waals surface area contributed by atoms with E-state index in [9.17, 15) is 27.2 Å². The van der Waals surface area contributed by atoms with Crippen molar-refractivity contribution in [2.45, 2.75) is 25.1 Å². The quantitative estimate of drug-likeness (QED) is 0.434. The van der Waals surface area contributed by atoms with Crippen molar-refractivity contribution in [3.8, 4) is 0 Å². The van der Waals surface area contributed by atoms with Crippen LogP contribution >= 0.6 is 0 Å². The SMILES string of the molecule is O=C(NCCNC1CCN(C(=O)OCCF)CC1)c1ccccc1.O=C(O)C(F)(F)F. The third-order valence-electron chi connectivity index (χ3n) is 4.18. The van der Waals surface area contributed by atoms with Gasteiger partial charge in [-0.15, -0.1) is 0 Å². The van der Waals surface area contributed by atoms with Gasteiger partial charge in [0.25, 0.3) is 5.91 Å². The van der Waals surface area contributed by atoms with Crippen molar-refractivity contribution in [2.24, 2.45) is 0 Å². The Labute approximate surface area is 176 Å². The number of aliphatic carboxylic acids is 1. The number of alkyl halides is 4. The van der Waals surface area contributed by atoms with Crippen molar-refractivity contribution < 1.29 is 41.8 Å². The molecule has 0 aliphatic carbocycles. The third-order valence-corrected chi connectivity index (χ3v) is 4.18. The van der Waals surface area contributed by atoms with E-state index in [1.54, 1.807) is 17.0 Å². The third kappa shape index (κ3) is 10.6. The molecule has 1 aliphatic heterocycles. The van der Waals surface area contributed by atoms with E-state index in [-0.39, 0.29) is 12.5 Å². The maximum Gasteiger partial charge on any atom is 0.490 e. The number of carboxylic acids is 1. The molecule has 174 valence electrons. The number of halogens is 4. The molecule has 1 aromatic carbocycles. The Hall–Kier alpha value is -2.89. The number of rotatable bonds is 7. The molecule has 31 heavy (non-hydrogen) atoms. The molecule has 0 atom stereocenters. The molecule has 0 bridgehead atoms. The van der Waals surface area contributed by atoms with Crippen LogP contribution in [0.5, 0.6) is 0 Å². The molecule has 2 amide bonds. The van der Waals surface area contributed by atoms with E-state index in [4.69, 9.17) is 14.6 Å². The van der Waals surface area contributed by atoms with Crippen LogP contribution in [0.2, 0.25) is 0 Å². The van der Waals surface area contributed by atoms with Crippen molar-refractivity contribution in [1.82, 2.24) is 15.5 Å². The lowest BCUT2D eigenvalue weighted by molar-refractivity contribution is -0.192. The van der Waals surface area contributed by atoms with Crippen molar-refractivity contribution in [3.63, 3.8) is 0 Å². The minimum atomic E-state index is -5.08. The molecule has 2 rings (SSSR count). The molecule has 1 fully saturated rings. The Kier molecular flexibility index (Phi) is 11.3. The summed E-state index contributed by atoms with van der Waals surface area (Å²) in [6, 6.07) is 9.40. The zero-order valence-corrected chi connectivity index (χ0v) is 16.7. The van der Waals surface area contributed by atoms with Crippen molar-refractivity contribution in [1.29, 1.82) is 0 Å². The first kappa shape index (κ1) is 26.1. The summed E-state index contributed by atoms with van der Waals surface area (Å²) in [6.45, 7) is 1.58. The first-order valence-corrected chi connectivity index (χ1v) is 9.49. The van der Waals surface area contributed by atoms with E-state index in [1.165, 1.54) is 0 Å². The van der Waals surface area contributed by atoms with E-state index in [0.29, 0.717) is 37.8 Å². The Morgan fingerprint density at radius 1 is 1.10 bits per heavy atom. The van der Waals surface area contributed by atoms with Gasteiger partial charge < -0.3 is 25.4 Å². The summed E-state index contributed by atoms with van der Waals surface area (Å²) in [6.07, 6.45) is -3.89. The molecule has 0 radical (unpaired) electrons. The van der Waals surface area contributed by atoms with E-state index in [1.807, 2.05) is 18.2 Å². The van der Waals surface area contributed by atoms with Gasteiger partial charge in [-0.1, -0.05) is 18.2 Å². The van der Waals surface area contributed by atoms with Crippen LogP contribution in [-0.4, -0.2) is 79.7 Å². The number of carboxylic acid groups (broad SMARTS) is 1. The van der Waals surface area contributed by atoms with E-state index >= 15 is 0 Å². The van der Waals surface area contributed by atoms with Crippen LogP contribution < -0.4 is 10.6 Å². The molecule has 1 aromatic rings. The molecule has 1 saturated heterocycles. The number of likely N-dealkylation sites (tertiary alicyclic amines) is 1. The standard InChI is InChI=1S/C17H24FN3O3.C2HF3O2/c18-8-13-24-17(23)21-11-6-15(7-12-21)19-9-10-20-16(22)14-4-2-1-3-5-14;3-2(4,5)1(6)7/h1-5,15,19H,6-13H2,(H,20,22);(H,6,7). The van der Waals surface area contributed by atoms with Gasteiger partial charge in [0.05, 0.1) is 0 Å². The van der Waals surface area contributed by atoms with Gasteiger partial charge in [-0.25, -0.2) is 14.0 Å². The van der Waals surface area contributed by atoms with Gasteiger partial charge >= 0.3 is 18.2 Å². The molecule has 0 unspecified atom stereocenters. The normalized spacial score (nSPS) is 14.3. The van der Waals surface area contributed by atoms with Crippen LogP contribution in [-0.2, 0) is 9.53 Å². The second kappa shape index (κ2) is 13.4. The van der Waals surface area contributed by atoms with Gasteiger partial charge in [-0.2, -0.15) is 13.2 Å². The maximum atomic E-state index is 12.0. The van der Waals surface area contributed by atoms with Crippen LogP contribution in [0.1, 0.15) is 23.2 Å². The predicted octanol–water partition coefficient (Wildman–Crippen LogP) is 2.21. The number of carbonyl (C=O) groups excluding carboxylic acids is 2. The lowest BCUT2D eigenvalue weighted by atomic mass is 10.1. The summed E-state index contributed by atoms with van der Waals surface area (Å²) in [5.74, 6) is -2.84. The Morgan fingerprint density at radius 2 is 1.68 bits per heavy atom. The summed E-state index contributed by atoms with van der Waals surface area (Å²) in [5.41, 5.74) is 0.651. The Balaban J connectivity index is 0.000000592. The van der Waals surface area contributed by atoms with Crippen molar-refractivity contribution >= 4 is 18.0 Å². The molecule has 12 heteroatoms. The predicted molar refractivity (Wildman–Crippen MR) is 102 cm³/mol. The maximum absolute atomic E-state index is 12.0. The number of piperidine rings is 1. The van der Waals surface area contributed by atoms with E-state index in [2.05, 4.69) is 10.6 Å². The Morgan fingerprint density at radius 3 is 2.19 bits per heavy atom. The number of carbonyl (C=O) groups is 3. The van der Waals surface area contributed by atoms with Gasteiger partial charge in [0.2, 0.25) is 0 Å². The number of nitrogens with one attached hydrogen (secondary N) is 2. The number of hydrogen-bond acceptors (Lipinski definition) is 5. The highest BCUT2D eigenvalue weighted by molar-refractivity contribution is 5.94. The fraction of sp³-hybridized carbons (Fsp3) is 0.526. The summed E-state index contributed by atoms with van der Waals surface area (Å²) >= 11 is 0. The lowest BCUT2D eigenvalue weighted by Gasteiger charge is -2.31. The minimum Gasteiger partial charge on any atom is -0.475 e. The zero-order chi connectivity index (χ0) is 23.3. The summed E-state index contributed by atoms with van der Waals surface area (Å²) in [5, 5.41) is 13.4. The average Bonchev–Trinajstić information content (AvgIpc) is 2.75. The van der Waals surface area contributed by atoms with Gasteiger partial charge in [-0.3, -0.25) is 4.79 Å². The van der Waals surface area contributed by atoms with E-state index in [0.717, 1.165) is 12.8 Å². The van der Waals surface area contributed by atoms with Gasteiger partial charge in [-0.05, 0) is 25.0 Å². The average molecular weight is 451 g/mol. The van der Waals surface area contributed by atoms with Gasteiger partial charge in [0.1, 0.15) is 13.3 Å². The number of hydrogen-bond donors (Lipinski definition) is 3. The summed E-state index contributed by atoms with van der Waals surface area (Å²) in [4.78, 5) is 34.0. The van der Waals surface area contributed by atoms with Crippen LogP contribution in [0.4, 0.5) is 22.4 Å². The fourth-order valence-corrected chi connectivity index (χ4v) is 2.63. The van der Waals surface area contributed by atoms with Crippen LogP contribution in [0.3, 0.4) is 0 Å². The highest BCUT2D eigenvalue weighted by Gasteiger charge is 2.38. The van der Waals surface area contributed by atoms with Crippen LogP contribution in [0.15, 0.2) is 30.3 Å². The van der Waals surface area contributed by atoms with Crippen molar-refractivity contribution in [2.75, 3.05) is 39.5 Å². The molecule has 0 aromatic heterocycles. The fourth-order valence-electron chi connectivity index (χ4n) is 2.63. The number of benzene rings is 1. The molecular weight excluding hydrogens is 426 g/mol. The summed E-state index contributed by atoms with van der Waals surface area (Å²) < 4.78 is 48.5. The topological polar surface area (TPSA) is 108 Å². The van der Waals surface area contributed by atoms with Crippen molar-refractivity contribution in [3.05, 3.63) is 35.9 Å². The molecule has 0 saturated carbocycles. The number of ether oxygens (including phenoxy) is 1. The first-order valence-electron chi connectivity index (χ1n) is 9.49. The number of nitrogens with zero attached hydrogens (tertiary/aromatic N) is 1. The smallest absolute Gasteiger partial charge is 0.475 e. The molecular formula is C19H25F4N3O5. The molecule has 0 spiro atoms. The Bertz CT molecular complexity index is 696. The molecule has 3 N–H and O–H groups in total. The first-order chi connectivity index (χ1) is 14.6. The minimum absolute atomic E-state index is 0.0807. The van der Waals surface area contributed by atoms with Gasteiger partial charge in [0, 0.05) is 37.8 Å². The molecule has 8 nitrogen and oxygen atoms in total. The second-order valence-corrected chi connectivity index (χ2v) is 6.44. The molecule has 1 heterocycles. The lowest BCUT2D eigenvalue weighted by Crippen LogP contribution is -2.46.